The minimum absolute atomic E-state index is 0. The van der Waals surface area contributed by atoms with Gasteiger partial charge in [0.25, 0.3) is 0 Å². The van der Waals surface area contributed by atoms with Gasteiger partial charge in [0.05, 0.1) is 12.5 Å². The van der Waals surface area contributed by atoms with E-state index in [2.05, 4.69) is 4.42 Å². The largest absolute Gasteiger partial charge is 0.472 e. The number of furan rings is 1. The van der Waals surface area contributed by atoms with Gasteiger partial charge in [0, 0.05) is 5.56 Å². The van der Waals surface area contributed by atoms with Crippen LogP contribution in [0.2, 0.25) is 0 Å². The lowest BCUT2D eigenvalue weighted by molar-refractivity contribution is -0.291. The van der Waals surface area contributed by atoms with Crippen LogP contribution in [0.5, 0.6) is 0 Å². The lowest BCUT2D eigenvalue weighted by Crippen LogP contribution is -2.45. The normalized spacial score (nSPS) is 14.5. The molecule has 0 fully saturated rings. The Kier molecular flexibility index (Phi) is 4.12. The van der Waals surface area contributed by atoms with Crippen LogP contribution in [-0.4, -0.2) is 12.1 Å². The van der Waals surface area contributed by atoms with Crippen molar-refractivity contribution in [3.8, 4) is 0 Å². The van der Waals surface area contributed by atoms with E-state index in [1.54, 1.807) is 0 Å². The number of halogens is 6. The molecule has 0 spiro atoms. The first kappa shape index (κ1) is 14.2. The standard InChI is InChI=1S/C7H6F5NO.ClH/c8-6(9,7(10,11)12)5(13)4-1-2-14-3-4;/h1-3,5H,13H2;1H/t5-;/m0./s1. The minimum Gasteiger partial charge on any atom is -0.472 e. The molecule has 1 heterocycles. The maximum atomic E-state index is 12.6. The molecule has 1 aromatic heterocycles. The number of nitrogens with two attached hydrogens (primary N) is 1. The minimum atomic E-state index is -5.66. The fourth-order valence-corrected chi connectivity index (χ4v) is 0.838. The highest BCUT2D eigenvalue weighted by atomic mass is 35.5. The third-order valence-electron chi connectivity index (χ3n) is 1.67. The monoisotopic (exact) mass is 251 g/mol. The molecule has 1 rings (SSSR count). The summed E-state index contributed by atoms with van der Waals surface area (Å²) < 4.78 is 65.0. The van der Waals surface area contributed by atoms with Gasteiger partial charge in [-0.15, -0.1) is 12.4 Å². The van der Waals surface area contributed by atoms with Crippen LogP contribution in [0.1, 0.15) is 11.6 Å². The van der Waals surface area contributed by atoms with Gasteiger partial charge in [0.1, 0.15) is 6.04 Å². The molecule has 0 unspecified atom stereocenters. The van der Waals surface area contributed by atoms with Gasteiger partial charge in [0.15, 0.2) is 0 Å². The van der Waals surface area contributed by atoms with Crippen LogP contribution in [0, 0.1) is 0 Å². The molecule has 0 saturated heterocycles. The smallest absolute Gasteiger partial charge is 0.455 e. The van der Waals surface area contributed by atoms with E-state index in [0.29, 0.717) is 0 Å². The van der Waals surface area contributed by atoms with Crippen LogP contribution < -0.4 is 5.73 Å². The third-order valence-corrected chi connectivity index (χ3v) is 1.67. The van der Waals surface area contributed by atoms with Gasteiger partial charge in [0.2, 0.25) is 0 Å². The first-order valence-electron chi connectivity index (χ1n) is 3.49. The molecule has 0 aliphatic carbocycles. The zero-order chi connectivity index (χ0) is 11.0. The maximum Gasteiger partial charge on any atom is 0.455 e. The molecule has 15 heavy (non-hydrogen) atoms. The molecule has 0 aromatic carbocycles. The van der Waals surface area contributed by atoms with E-state index >= 15 is 0 Å². The maximum absolute atomic E-state index is 12.6. The van der Waals surface area contributed by atoms with E-state index in [9.17, 15) is 22.0 Å². The SMILES string of the molecule is Cl.N[C@@H](c1ccoc1)C(F)(F)C(F)(F)F. The fourth-order valence-electron chi connectivity index (χ4n) is 0.838. The molecule has 0 aliphatic rings. The summed E-state index contributed by atoms with van der Waals surface area (Å²) in [5.41, 5.74) is 4.38. The van der Waals surface area contributed by atoms with E-state index in [0.717, 1.165) is 18.6 Å². The van der Waals surface area contributed by atoms with Crippen LogP contribution in [0.4, 0.5) is 22.0 Å². The average molecular weight is 252 g/mol. The summed E-state index contributed by atoms with van der Waals surface area (Å²) in [5.74, 6) is -4.96. The molecule has 2 N–H and O–H groups in total. The first-order chi connectivity index (χ1) is 6.27. The molecule has 0 radical (unpaired) electrons. The second kappa shape index (κ2) is 4.36. The average Bonchev–Trinajstić information content (AvgIpc) is 2.52. The summed E-state index contributed by atoms with van der Waals surface area (Å²) in [6.45, 7) is 0. The van der Waals surface area contributed by atoms with Gasteiger partial charge in [-0.1, -0.05) is 0 Å². The van der Waals surface area contributed by atoms with E-state index in [4.69, 9.17) is 5.73 Å². The lowest BCUT2D eigenvalue weighted by Gasteiger charge is -2.24. The number of rotatable bonds is 2. The van der Waals surface area contributed by atoms with Crippen LogP contribution >= 0.6 is 12.4 Å². The first-order valence-corrected chi connectivity index (χ1v) is 3.49. The fraction of sp³-hybridized carbons (Fsp3) is 0.429. The molecule has 0 amide bonds. The topological polar surface area (TPSA) is 39.2 Å². The van der Waals surface area contributed by atoms with Gasteiger partial charge in [-0.2, -0.15) is 22.0 Å². The van der Waals surface area contributed by atoms with E-state index < -0.39 is 23.7 Å². The van der Waals surface area contributed by atoms with Crippen molar-refractivity contribution in [3.05, 3.63) is 24.2 Å². The molecule has 0 aliphatic heterocycles. The van der Waals surface area contributed by atoms with Gasteiger partial charge in [-0.3, -0.25) is 0 Å². The van der Waals surface area contributed by atoms with Gasteiger partial charge in [-0.05, 0) is 6.07 Å². The van der Waals surface area contributed by atoms with Gasteiger partial charge < -0.3 is 10.2 Å². The molecule has 1 aromatic rings. The van der Waals surface area contributed by atoms with Crippen LogP contribution in [0.3, 0.4) is 0 Å². The van der Waals surface area contributed by atoms with Gasteiger partial charge >= 0.3 is 12.1 Å². The van der Waals surface area contributed by atoms with Gasteiger partial charge in [-0.25, -0.2) is 0 Å². The van der Waals surface area contributed by atoms with Crippen molar-refractivity contribution in [1.82, 2.24) is 0 Å². The summed E-state index contributed by atoms with van der Waals surface area (Å²) in [5, 5.41) is 0. The summed E-state index contributed by atoms with van der Waals surface area (Å²) in [7, 11) is 0. The predicted octanol–water partition coefficient (Wildman–Crippen LogP) is 2.90. The van der Waals surface area contributed by atoms with Crippen molar-refractivity contribution in [1.29, 1.82) is 0 Å². The Hall–Kier alpha value is -0.820. The molecule has 88 valence electrons. The van der Waals surface area contributed by atoms with Crippen LogP contribution in [0.15, 0.2) is 23.0 Å². The quantitative estimate of drug-likeness (QED) is 0.821. The zero-order valence-electron chi connectivity index (χ0n) is 7.09. The number of hydrogen-bond donors (Lipinski definition) is 1. The van der Waals surface area contributed by atoms with Crippen molar-refractivity contribution < 1.29 is 26.4 Å². The summed E-state index contributed by atoms with van der Waals surface area (Å²) in [4.78, 5) is 0. The second-order valence-electron chi connectivity index (χ2n) is 2.66. The zero-order valence-corrected chi connectivity index (χ0v) is 7.91. The molecule has 8 heteroatoms. The highest BCUT2D eigenvalue weighted by Crippen LogP contribution is 2.43. The van der Waals surface area contributed by atoms with Crippen molar-refractivity contribution in [2.75, 3.05) is 0 Å². The Balaban J connectivity index is 0.00000196. The van der Waals surface area contributed by atoms with Crippen LogP contribution in [-0.2, 0) is 0 Å². The Morgan fingerprint density at radius 3 is 2.07 bits per heavy atom. The Bertz CT molecular complexity index is 297. The Labute approximate surface area is 87.6 Å². The van der Waals surface area contributed by atoms with E-state index in [1.165, 1.54) is 0 Å². The summed E-state index contributed by atoms with van der Waals surface area (Å²) in [6.07, 6.45) is -3.93. The summed E-state index contributed by atoms with van der Waals surface area (Å²) >= 11 is 0. The molecule has 0 bridgehead atoms. The highest BCUT2D eigenvalue weighted by molar-refractivity contribution is 5.85. The molecular formula is C7H7ClF5NO. The van der Waals surface area contributed by atoms with Crippen molar-refractivity contribution >= 4 is 12.4 Å². The Morgan fingerprint density at radius 2 is 1.73 bits per heavy atom. The number of alkyl halides is 5. The molecule has 1 atom stereocenters. The van der Waals surface area contributed by atoms with Crippen molar-refractivity contribution in [2.24, 2.45) is 5.73 Å². The van der Waals surface area contributed by atoms with Crippen molar-refractivity contribution in [2.45, 2.75) is 18.1 Å². The van der Waals surface area contributed by atoms with Crippen molar-refractivity contribution in [3.63, 3.8) is 0 Å². The number of hydrogen-bond acceptors (Lipinski definition) is 2. The lowest BCUT2D eigenvalue weighted by atomic mass is 10.0. The van der Waals surface area contributed by atoms with E-state index in [1.807, 2.05) is 0 Å². The molecule has 0 saturated carbocycles. The second-order valence-corrected chi connectivity index (χ2v) is 2.66. The predicted molar refractivity (Wildman–Crippen MR) is 43.9 cm³/mol. The highest BCUT2D eigenvalue weighted by Gasteiger charge is 2.61. The Morgan fingerprint density at radius 1 is 1.20 bits per heavy atom. The summed E-state index contributed by atoms with van der Waals surface area (Å²) in [6, 6.07) is -1.48. The van der Waals surface area contributed by atoms with E-state index in [-0.39, 0.29) is 12.4 Å². The third kappa shape index (κ3) is 2.60. The van der Waals surface area contributed by atoms with Crippen LogP contribution in [0.25, 0.3) is 0 Å². The molecular weight excluding hydrogens is 245 g/mol. The molecule has 2 nitrogen and oxygen atoms in total.